The standard InChI is InChI=1S/C28H26F3N7O2/c1-16-21(28(29,30)31)10-11-34-25(16)36-27(40)18-4-2-17(3-5-18)26-35-24(22-14-33-12-13-38(22,26)32)19-6-7-20-8-9-23(39)37(20)15-19/h2-5,10-14,19-20H,6-9,15,32H2,1H3/p+1/t19-,20+,38?/m1/s1. The molecule has 4 aliphatic heterocycles. The molecule has 0 saturated carbocycles. The van der Waals surface area contributed by atoms with Gasteiger partial charge in [0, 0.05) is 42.2 Å². The highest BCUT2D eigenvalue weighted by Gasteiger charge is 2.48. The summed E-state index contributed by atoms with van der Waals surface area (Å²) in [5.41, 5.74) is 1.43. The van der Waals surface area contributed by atoms with Gasteiger partial charge in [-0.05, 0) is 56.5 Å². The zero-order chi connectivity index (χ0) is 28.2. The number of nitrogens with two attached hydrogens (primary N) is 1. The SMILES string of the molecule is Cc1c(C(F)(F)F)ccnc1NC(=O)c1ccc(C2=NC([C@@H]3CC[C@H]4CCC(=O)N4C3)=C3C=NC=C[N+]23N)cc1. The van der Waals surface area contributed by atoms with E-state index in [1.165, 1.54) is 6.92 Å². The van der Waals surface area contributed by atoms with E-state index in [2.05, 4.69) is 15.3 Å². The first-order valence-electron chi connectivity index (χ1n) is 13.0. The number of hydrogen-bond acceptors (Lipinski definition) is 6. The Morgan fingerprint density at radius 2 is 1.93 bits per heavy atom. The van der Waals surface area contributed by atoms with Crippen molar-refractivity contribution in [2.24, 2.45) is 21.7 Å². The van der Waals surface area contributed by atoms with Crippen LogP contribution in [0.15, 0.2) is 70.3 Å². The summed E-state index contributed by atoms with van der Waals surface area (Å²) in [6.07, 6.45) is 4.80. The highest BCUT2D eigenvalue weighted by molar-refractivity contribution is 6.05. The number of allylic oxidation sites excluding steroid dienone is 1. The first-order valence-corrected chi connectivity index (χ1v) is 13.0. The van der Waals surface area contributed by atoms with E-state index < -0.39 is 17.6 Å². The van der Waals surface area contributed by atoms with E-state index in [0.29, 0.717) is 30.4 Å². The molecule has 0 radical (unpaired) electrons. The number of amidine groups is 1. The van der Waals surface area contributed by atoms with Crippen LogP contribution in [0.1, 0.15) is 52.7 Å². The quantitative estimate of drug-likeness (QED) is 0.437. The van der Waals surface area contributed by atoms with Gasteiger partial charge in [0.05, 0.1) is 23.5 Å². The molecule has 2 saturated heterocycles. The normalized spacial score (nSPS) is 25.7. The summed E-state index contributed by atoms with van der Waals surface area (Å²) in [5, 5.41) is 2.47. The summed E-state index contributed by atoms with van der Waals surface area (Å²) < 4.78 is 39.6. The van der Waals surface area contributed by atoms with Gasteiger partial charge in [0.15, 0.2) is 0 Å². The van der Waals surface area contributed by atoms with E-state index >= 15 is 0 Å². The van der Waals surface area contributed by atoms with Gasteiger partial charge in [0.25, 0.3) is 11.7 Å². The van der Waals surface area contributed by atoms with E-state index in [0.717, 1.165) is 42.9 Å². The van der Waals surface area contributed by atoms with Crippen molar-refractivity contribution in [2.45, 2.75) is 44.8 Å². The van der Waals surface area contributed by atoms with Crippen LogP contribution in [0.4, 0.5) is 19.0 Å². The smallest absolute Gasteiger partial charge is 0.339 e. The molecule has 40 heavy (non-hydrogen) atoms. The molecule has 6 rings (SSSR count). The van der Waals surface area contributed by atoms with E-state index in [1.807, 2.05) is 4.90 Å². The maximum absolute atomic E-state index is 13.3. The third-order valence-electron chi connectivity index (χ3n) is 8.07. The Kier molecular flexibility index (Phi) is 6.19. The molecule has 3 N–H and O–H groups in total. The molecule has 0 bridgehead atoms. The van der Waals surface area contributed by atoms with Crippen molar-refractivity contribution < 1.29 is 27.4 Å². The topological polar surface area (TPSA) is 113 Å². The number of aromatic nitrogens is 1. The molecular weight excluding hydrogens is 523 g/mol. The minimum atomic E-state index is -4.56. The summed E-state index contributed by atoms with van der Waals surface area (Å²) in [7, 11) is 0. The van der Waals surface area contributed by atoms with Crippen molar-refractivity contribution in [1.82, 2.24) is 9.88 Å². The van der Waals surface area contributed by atoms with Crippen LogP contribution in [0.25, 0.3) is 0 Å². The van der Waals surface area contributed by atoms with Gasteiger partial charge >= 0.3 is 6.18 Å². The third kappa shape index (κ3) is 4.33. The predicted octanol–water partition coefficient (Wildman–Crippen LogP) is 4.28. The molecule has 5 heterocycles. The van der Waals surface area contributed by atoms with E-state index in [1.54, 1.807) is 42.9 Å². The number of aliphatic imine (C=N–C) groups is 2. The number of nitrogens with one attached hydrogen (secondary N) is 1. The van der Waals surface area contributed by atoms with Crippen molar-refractivity contribution in [3.05, 3.63) is 82.6 Å². The van der Waals surface area contributed by atoms with Crippen LogP contribution in [0.5, 0.6) is 0 Å². The van der Waals surface area contributed by atoms with Crippen molar-refractivity contribution in [2.75, 3.05) is 11.9 Å². The number of carbonyl (C=O) groups excluding carboxylic acids is 2. The van der Waals surface area contributed by atoms with Crippen LogP contribution in [0.3, 0.4) is 0 Å². The van der Waals surface area contributed by atoms with E-state index in [9.17, 15) is 22.8 Å². The number of piperidine rings is 1. The number of carbonyl (C=O) groups is 2. The Bertz CT molecular complexity index is 1530. The molecule has 12 heteroatoms. The fraction of sp³-hybridized carbons (Fsp3) is 0.321. The number of halogens is 3. The van der Waals surface area contributed by atoms with Crippen molar-refractivity contribution in [3.8, 4) is 0 Å². The maximum atomic E-state index is 13.3. The van der Waals surface area contributed by atoms with Crippen LogP contribution in [-0.4, -0.2) is 50.9 Å². The zero-order valence-electron chi connectivity index (χ0n) is 21.7. The summed E-state index contributed by atoms with van der Waals surface area (Å²) in [4.78, 5) is 40.4. The summed E-state index contributed by atoms with van der Waals surface area (Å²) in [6.45, 7) is 1.86. The van der Waals surface area contributed by atoms with Gasteiger partial charge in [-0.15, -0.1) is 4.59 Å². The van der Waals surface area contributed by atoms with Gasteiger partial charge in [-0.3, -0.25) is 14.6 Å². The number of amides is 2. The minimum Gasteiger partial charge on any atom is -0.339 e. The van der Waals surface area contributed by atoms with Crippen LogP contribution in [0.2, 0.25) is 0 Å². The maximum Gasteiger partial charge on any atom is 0.416 e. The van der Waals surface area contributed by atoms with Crippen LogP contribution < -0.4 is 11.2 Å². The number of rotatable bonds is 4. The Morgan fingerprint density at radius 1 is 1.15 bits per heavy atom. The lowest BCUT2D eigenvalue weighted by molar-refractivity contribution is -0.750. The van der Waals surface area contributed by atoms with Gasteiger partial charge in [0.2, 0.25) is 11.6 Å². The van der Waals surface area contributed by atoms with Crippen molar-refractivity contribution in [3.63, 3.8) is 0 Å². The van der Waals surface area contributed by atoms with Gasteiger partial charge in [0.1, 0.15) is 17.7 Å². The average Bonchev–Trinajstić information content (AvgIpc) is 3.45. The molecule has 9 nitrogen and oxygen atoms in total. The van der Waals surface area contributed by atoms with E-state index in [-0.39, 0.29) is 33.4 Å². The number of benzene rings is 1. The zero-order valence-corrected chi connectivity index (χ0v) is 21.7. The molecule has 1 aromatic heterocycles. The number of pyridine rings is 1. The Morgan fingerprint density at radius 3 is 2.67 bits per heavy atom. The summed E-state index contributed by atoms with van der Waals surface area (Å²) >= 11 is 0. The molecule has 3 atom stereocenters. The number of anilines is 1. The number of quaternary nitrogens is 1. The molecule has 1 aromatic carbocycles. The van der Waals surface area contributed by atoms with Gasteiger partial charge in [-0.2, -0.15) is 24.0 Å². The van der Waals surface area contributed by atoms with Gasteiger partial charge in [-0.25, -0.2) is 4.98 Å². The molecule has 4 aliphatic rings. The van der Waals surface area contributed by atoms with E-state index in [4.69, 9.17) is 10.8 Å². The number of hydrogen-bond donors (Lipinski definition) is 2. The molecule has 0 spiro atoms. The van der Waals surface area contributed by atoms with Crippen LogP contribution in [0, 0.1) is 12.8 Å². The summed E-state index contributed by atoms with van der Waals surface area (Å²) in [6, 6.07) is 7.71. The fourth-order valence-electron chi connectivity index (χ4n) is 5.92. The van der Waals surface area contributed by atoms with Crippen molar-refractivity contribution >= 4 is 29.7 Å². The lowest BCUT2D eigenvalue weighted by atomic mass is 9.90. The van der Waals surface area contributed by atoms with Gasteiger partial charge < -0.3 is 10.2 Å². The molecule has 0 aliphatic carbocycles. The average molecular weight is 551 g/mol. The lowest BCUT2D eigenvalue weighted by Crippen LogP contribution is -2.53. The van der Waals surface area contributed by atoms with Crippen molar-refractivity contribution in [1.29, 1.82) is 0 Å². The van der Waals surface area contributed by atoms with Crippen LogP contribution >= 0.6 is 0 Å². The second-order valence-electron chi connectivity index (χ2n) is 10.4. The predicted molar refractivity (Wildman–Crippen MR) is 141 cm³/mol. The monoisotopic (exact) mass is 550 g/mol. The molecule has 206 valence electrons. The highest BCUT2D eigenvalue weighted by atomic mass is 19.4. The Balaban J connectivity index is 1.25. The number of alkyl halides is 3. The first kappa shape index (κ1) is 26.1. The molecular formula is C28H27F3N7O2+. The van der Waals surface area contributed by atoms with Gasteiger partial charge in [-0.1, -0.05) is 0 Å². The second-order valence-corrected chi connectivity index (χ2v) is 10.4. The Hall–Kier alpha value is -4.16. The number of fused-ring (bicyclic) bond motifs is 2. The highest BCUT2D eigenvalue weighted by Crippen LogP contribution is 2.40. The second kappa shape index (κ2) is 9.49. The largest absolute Gasteiger partial charge is 0.416 e. The Labute approximate surface area is 228 Å². The molecule has 2 amide bonds. The molecule has 2 fully saturated rings. The van der Waals surface area contributed by atoms with Crippen LogP contribution in [-0.2, 0) is 11.0 Å². The third-order valence-corrected chi connectivity index (χ3v) is 8.07. The lowest BCUT2D eigenvalue weighted by Gasteiger charge is -2.35. The minimum absolute atomic E-state index is 0.0260. The summed E-state index contributed by atoms with van der Waals surface area (Å²) in [5.74, 6) is 6.85. The fourth-order valence-corrected chi connectivity index (χ4v) is 5.92. The molecule has 1 unspecified atom stereocenters. The molecule has 2 aromatic rings. The number of nitrogens with zero attached hydrogens (tertiary/aromatic N) is 5. The first-order chi connectivity index (χ1) is 19.1.